The van der Waals surface area contributed by atoms with Crippen molar-refractivity contribution in [2.75, 3.05) is 14.1 Å². The molecule has 0 aliphatic carbocycles. The number of carbonyl (C=O) groups is 2. The van der Waals surface area contributed by atoms with Crippen LogP contribution in [0.25, 0.3) is 0 Å². The summed E-state index contributed by atoms with van der Waals surface area (Å²) >= 11 is 0. The first-order valence-electron chi connectivity index (χ1n) is 5.61. The molecule has 0 aliphatic rings. The van der Waals surface area contributed by atoms with Gasteiger partial charge in [0.05, 0.1) is 0 Å². The first-order chi connectivity index (χ1) is 7.42. The molecule has 7 heteroatoms. The molecule has 0 N–H and O–H groups in total. The average Bonchev–Trinajstić information content (AvgIpc) is 2.13. The van der Waals surface area contributed by atoms with E-state index in [4.69, 9.17) is 4.12 Å². The van der Waals surface area contributed by atoms with Gasteiger partial charge in [0.2, 0.25) is 11.8 Å². The predicted octanol–water partition coefficient (Wildman–Crippen LogP) is 1.36. The van der Waals surface area contributed by atoms with E-state index in [0.717, 1.165) is 0 Å². The van der Waals surface area contributed by atoms with E-state index in [0.29, 0.717) is 0 Å². The van der Waals surface area contributed by atoms with Crippen LogP contribution < -0.4 is 0 Å². The maximum Gasteiger partial charge on any atom is 0.287 e. The predicted molar refractivity (Wildman–Crippen MR) is 72.9 cm³/mol. The summed E-state index contributed by atoms with van der Waals surface area (Å²) in [4.78, 5) is 22.8. The van der Waals surface area contributed by atoms with Crippen molar-refractivity contribution in [3.05, 3.63) is 0 Å². The van der Waals surface area contributed by atoms with Crippen LogP contribution in [0.4, 0.5) is 0 Å². The Balaban J connectivity index is 4.93. The lowest BCUT2D eigenvalue weighted by Crippen LogP contribution is -2.62. The van der Waals surface area contributed by atoms with Gasteiger partial charge in [-0.3, -0.25) is 9.59 Å². The lowest BCUT2D eigenvalue weighted by atomic mass is 10.7. The Morgan fingerprint density at radius 3 is 1.24 bits per heavy atom. The third kappa shape index (κ3) is 4.25. The largest absolute Gasteiger partial charge is 0.424 e. The van der Waals surface area contributed by atoms with Crippen LogP contribution in [0.15, 0.2) is 0 Å². The van der Waals surface area contributed by atoms with Crippen LogP contribution >= 0.6 is 0 Å². The summed E-state index contributed by atoms with van der Waals surface area (Å²) in [5, 5.41) is 0. The minimum atomic E-state index is -2.26. The van der Waals surface area contributed by atoms with Gasteiger partial charge in [0.25, 0.3) is 17.0 Å². The van der Waals surface area contributed by atoms with Gasteiger partial charge < -0.3 is 13.2 Å². The zero-order valence-electron chi connectivity index (χ0n) is 12.1. The Morgan fingerprint density at radius 2 is 1.06 bits per heavy atom. The van der Waals surface area contributed by atoms with E-state index in [9.17, 15) is 9.59 Å². The molecule has 0 spiro atoms. The van der Waals surface area contributed by atoms with E-state index in [1.807, 2.05) is 26.2 Å². The van der Waals surface area contributed by atoms with Crippen molar-refractivity contribution in [3.63, 3.8) is 0 Å². The summed E-state index contributed by atoms with van der Waals surface area (Å²) in [5.74, 6) is -0.00566. The van der Waals surface area contributed by atoms with Crippen LogP contribution in [0.3, 0.4) is 0 Å². The van der Waals surface area contributed by atoms with Gasteiger partial charge in [0.1, 0.15) is 0 Å². The second-order valence-corrected chi connectivity index (χ2v) is 13.1. The summed E-state index contributed by atoms with van der Waals surface area (Å²) in [6.07, 6.45) is 0. The number of nitrogens with zero attached hydrogens (tertiary/aromatic N) is 2. The topological polar surface area (TPSA) is 49.9 Å². The maximum absolute atomic E-state index is 11.4. The van der Waals surface area contributed by atoms with Crippen LogP contribution in [-0.4, -0.2) is 52.0 Å². The standard InChI is InChI=1S/C10H24N2O3Si2/c1-9(13)11(3)16(5,6)15-17(7,8)12(4)10(2)14/h1-8H3. The Kier molecular flexibility index (Phi) is 5.11. The van der Waals surface area contributed by atoms with E-state index < -0.39 is 17.0 Å². The Bertz CT molecular complexity index is 289. The van der Waals surface area contributed by atoms with Crippen LogP contribution in [-0.2, 0) is 13.7 Å². The lowest BCUT2D eigenvalue weighted by molar-refractivity contribution is -0.124. The smallest absolute Gasteiger partial charge is 0.287 e. The number of carbonyl (C=O) groups excluding carboxylic acids is 2. The molecule has 0 atom stereocenters. The molecule has 0 radical (unpaired) electrons. The molecular weight excluding hydrogens is 252 g/mol. The molecule has 2 amide bonds. The van der Waals surface area contributed by atoms with Gasteiger partial charge in [-0.15, -0.1) is 0 Å². The normalized spacial score (nSPS) is 12.2. The fraction of sp³-hybridized carbons (Fsp3) is 0.800. The van der Waals surface area contributed by atoms with Gasteiger partial charge in [-0.1, -0.05) is 0 Å². The van der Waals surface area contributed by atoms with E-state index in [-0.39, 0.29) is 11.8 Å². The zero-order chi connectivity index (χ0) is 14.0. The minimum Gasteiger partial charge on any atom is -0.424 e. The summed E-state index contributed by atoms with van der Waals surface area (Å²) < 4.78 is 9.51. The van der Waals surface area contributed by atoms with Gasteiger partial charge in [0.15, 0.2) is 0 Å². The van der Waals surface area contributed by atoms with Crippen LogP contribution in [0, 0.1) is 0 Å². The zero-order valence-corrected chi connectivity index (χ0v) is 14.1. The molecule has 0 saturated carbocycles. The first-order valence-corrected chi connectivity index (χ1v) is 11.3. The molecule has 0 aromatic heterocycles. The molecule has 0 bridgehead atoms. The lowest BCUT2D eigenvalue weighted by Gasteiger charge is -2.42. The molecular formula is C10H24N2O3Si2. The minimum absolute atomic E-state index is 0.00283. The fourth-order valence-electron chi connectivity index (χ4n) is 1.51. The Morgan fingerprint density at radius 1 is 0.824 bits per heavy atom. The first kappa shape index (κ1) is 16.3. The Hall–Kier alpha value is -0.666. The highest BCUT2D eigenvalue weighted by Gasteiger charge is 2.41. The van der Waals surface area contributed by atoms with Crippen molar-refractivity contribution in [3.8, 4) is 0 Å². The summed E-state index contributed by atoms with van der Waals surface area (Å²) in [6.45, 7) is 10.9. The van der Waals surface area contributed by atoms with Crippen molar-refractivity contribution in [2.45, 2.75) is 40.0 Å². The highest BCUT2D eigenvalue weighted by atomic mass is 28.4. The molecule has 0 aromatic rings. The monoisotopic (exact) mass is 276 g/mol. The van der Waals surface area contributed by atoms with Crippen molar-refractivity contribution < 1.29 is 13.7 Å². The van der Waals surface area contributed by atoms with Crippen molar-refractivity contribution in [1.29, 1.82) is 0 Å². The van der Waals surface area contributed by atoms with Crippen LogP contribution in [0.5, 0.6) is 0 Å². The molecule has 17 heavy (non-hydrogen) atoms. The van der Waals surface area contributed by atoms with Gasteiger partial charge in [-0.2, -0.15) is 0 Å². The van der Waals surface area contributed by atoms with E-state index >= 15 is 0 Å². The molecule has 5 nitrogen and oxygen atoms in total. The molecule has 0 heterocycles. The average molecular weight is 276 g/mol. The third-order valence-corrected chi connectivity index (χ3v) is 10.9. The maximum atomic E-state index is 11.4. The number of amides is 2. The van der Waals surface area contributed by atoms with Gasteiger partial charge in [-0.05, 0) is 26.2 Å². The number of hydrogen-bond donors (Lipinski definition) is 0. The quantitative estimate of drug-likeness (QED) is 0.729. The van der Waals surface area contributed by atoms with Crippen LogP contribution in [0.2, 0.25) is 26.2 Å². The summed E-state index contributed by atoms with van der Waals surface area (Å²) in [6, 6.07) is 0. The second kappa shape index (κ2) is 5.32. The van der Waals surface area contributed by atoms with Crippen LogP contribution in [0.1, 0.15) is 13.8 Å². The van der Waals surface area contributed by atoms with Gasteiger partial charge in [-0.25, -0.2) is 0 Å². The SMILES string of the molecule is CC(=O)N(C)[Si](C)(C)O[Si](C)(C)N(C)C(C)=O. The highest BCUT2D eigenvalue weighted by molar-refractivity contribution is 6.83. The number of hydrogen-bond acceptors (Lipinski definition) is 3. The second-order valence-electron chi connectivity index (χ2n) is 5.15. The van der Waals surface area contributed by atoms with Gasteiger partial charge >= 0.3 is 0 Å². The molecule has 0 aliphatic heterocycles. The van der Waals surface area contributed by atoms with E-state index in [2.05, 4.69) is 0 Å². The van der Waals surface area contributed by atoms with Crippen molar-refractivity contribution in [2.24, 2.45) is 0 Å². The third-order valence-electron chi connectivity index (χ3n) is 3.06. The molecule has 0 unspecified atom stereocenters. The van der Waals surface area contributed by atoms with Crippen molar-refractivity contribution >= 4 is 28.8 Å². The molecule has 100 valence electrons. The summed E-state index contributed by atoms with van der Waals surface area (Å²) in [7, 11) is -1.01. The van der Waals surface area contributed by atoms with E-state index in [1.165, 1.54) is 13.8 Å². The number of rotatable bonds is 4. The fourth-order valence-corrected chi connectivity index (χ4v) is 9.01. The van der Waals surface area contributed by atoms with Gasteiger partial charge in [0, 0.05) is 27.9 Å². The molecule has 0 saturated heterocycles. The van der Waals surface area contributed by atoms with E-state index in [1.54, 1.807) is 23.2 Å². The molecule has 0 aromatic carbocycles. The molecule has 0 fully saturated rings. The highest BCUT2D eigenvalue weighted by Crippen LogP contribution is 2.19. The molecule has 0 rings (SSSR count). The summed E-state index contributed by atoms with van der Waals surface area (Å²) in [5.41, 5.74) is 0. The Labute approximate surface area is 106 Å². The van der Waals surface area contributed by atoms with Crippen molar-refractivity contribution in [1.82, 2.24) is 9.13 Å².